The molecule has 0 aliphatic carbocycles. The molecule has 21 heavy (non-hydrogen) atoms. The topological polar surface area (TPSA) is 57.0 Å². The van der Waals surface area contributed by atoms with Crippen LogP contribution in [0.25, 0.3) is 0 Å². The third-order valence-corrected chi connectivity index (χ3v) is 4.20. The average Bonchev–Trinajstić information content (AvgIpc) is 2.96. The molecule has 0 bridgehead atoms. The lowest BCUT2D eigenvalue weighted by Gasteiger charge is -2.37. The van der Waals surface area contributed by atoms with Gasteiger partial charge in [0.15, 0.2) is 5.79 Å². The van der Waals surface area contributed by atoms with E-state index in [0.29, 0.717) is 0 Å². The van der Waals surface area contributed by atoms with Gasteiger partial charge in [0.25, 0.3) is 0 Å². The zero-order valence-electron chi connectivity index (χ0n) is 12.4. The summed E-state index contributed by atoms with van der Waals surface area (Å²) >= 11 is 0. The summed E-state index contributed by atoms with van der Waals surface area (Å²) in [5, 5.41) is 0. The van der Waals surface area contributed by atoms with Crippen LogP contribution in [-0.4, -0.2) is 50.1 Å². The fraction of sp³-hybridized carbons (Fsp3) is 0.625. The second-order valence-corrected chi connectivity index (χ2v) is 5.72. The normalized spacial score (nSPS) is 21.7. The Morgan fingerprint density at radius 3 is 2.43 bits per heavy atom. The smallest absolute Gasteiger partial charge is 0.170 e. The lowest BCUT2D eigenvalue weighted by molar-refractivity contribution is -0.185. The predicted molar refractivity (Wildman–Crippen MR) is 81.3 cm³/mol. The maximum atomic E-state index is 5.74. The van der Waals surface area contributed by atoms with Gasteiger partial charge in [-0.2, -0.15) is 0 Å². The summed E-state index contributed by atoms with van der Waals surface area (Å²) < 4.78 is 17.2. The lowest BCUT2D eigenvalue weighted by atomic mass is 10.0. The van der Waals surface area contributed by atoms with E-state index in [4.69, 9.17) is 19.9 Å². The molecule has 0 saturated carbocycles. The monoisotopic (exact) mass is 292 g/mol. The van der Waals surface area contributed by atoms with Crippen LogP contribution in [-0.2, 0) is 9.47 Å². The fourth-order valence-electron chi connectivity index (χ4n) is 2.95. The Kier molecular flexibility index (Phi) is 4.63. The highest BCUT2D eigenvalue weighted by molar-refractivity contribution is 5.41. The molecule has 2 aliphatic rings. The maximum absolute atomic E-state index is 5.74. The number of rotatable bonds is 5. The molecule has 0 amide bonds. The molecule has 116 valence electrons. The van der Waals surface area contributed by atoms with Crippen molar-refractivity contribution in [2.45, 2.75) is 25.0 Å². The van der Waals surface area contributed by atoms with Crippen LogP contribution in [0.3, 0.4) is 0 Å². The Morgan fingerprint density at radius 1 is 1.10 bits per heavy atom. The molecule has 1 aromatic rings. The molecule has 3 rings (SSSR count). The first-order chi connectivity index (χ1) is 10.3. The van der Waals surface area contributed by atoms with Crippen LogP contribution in [0, 0.1) is 0 Å². The number of hydrogen-bond acceptors (Lipinski definition) is 5. The summed E-state index contributed by atoms with van der Waals surface area (Å²) in [6, 6.07) is 7.55. The number of nitrogens with zero attached hydrogens (tertiary/aromatic N) is 1. The van der Waals surface area contributed by atoms with E-state index in [2.05, 4.69) is 4.90 Å². The van der Waals surface area contributed by atoms with Crippen molar-refractivity contribution >= 4 is 5.69 Å². The van der Waals surface area contributed by atoms with Gasteiger partial charge in [0.2, 0.25) is 0 Å². The molecule has 5 nitrogen and oxygen atoms in total. The van der Waals surface area contributed by atoms with E-state index in [1.54, 1.807) is 0 Å². The van der Waals surface area contributed by atoms with Crippen LogP contribution in [0.2, 0.25) is 0 Å². The maximum Gasteiger partial charge on any atom is 0.170 e. The summed E-state index contributed by atoms with van der Waals surface area (Å²) in [6.45, 7) is 5.37. The first kappa shape index (κ1) is 14.6. The minimum atomic E-state index is -0.267. The number of likely N-dealkylation sites (tertiary alicyclic amines) is 1. The van der Waals surface area contributed by atoms with E-state index in [0.717, 1.165) is 70.2 Å². The highest BCUT2D eigenvalue weighted by atomic mass is 16.7. The molecule has 2 fully saturated rings. The Balaban J connectivity index is 1.32. The van der Waals surface area contributed by atoms with E-state index in [1.807, 2.05) is 24.3 Å². The second kappa shape index (κ2) is 6.64. The van der Waals surface area contributed by atoms with Gasteiger partial charge in [-0.05, 0) is 30.7 Å². The Morgan fingerprint density at radius 2 is 1.76 bits per heavy atom. The molecule has 1 spiro atoms. The molecule has 0 atom stereocenters. The van der Waals surface area contributed by atoms with Crippen molar-refractivity contribution < 1.29 is 14.2 Å². The third kappa shape index (κ3) is 3.87. The van der Waals surface area contributed by atoms with Gasteiger partial charge in [0.05, 0.1) is 19.8 Å². The van der Waals surface area contributed by atoms with Crippen LogP contribution in [0.15, 0.2) is 24.3 Å². The molecule has 5 heteroatoms. The SMILES string of the molecule is Nc1ccc(OCCCN2CCC3(CC2)OCCO3)cc1. The van der Waals surface area contributed by atoms with Gasteiger partial charge in [-0.15, -0.1) is 0 Å². The molecule has 2 aliphatic heterocycles. The highest BCUT2D eigenvalue weighted by Crippen LogP contribution is 2.31. The molecule has 2 heterocycles. The van der Waals surface area contributed by atoms with Gasteiger partial charge in [-0.1, -0.05) is 0 Å². The quantitative estimate of drug-likeness (QED) is 0.663. The number of nitrogen functional groups attached to an aromatic ring is 1. The summed E-state index contributed by atoms with van der Waals surface area (Å²) in [5.74, 6) is 0.617. The van der Waals surface area contributed by atoms with Gasteiger partial charge >= 0.3 is 0 Å². The fourth-order valence-corrected chi connectivity index (χ4v) is 2.95. The number of hydrogen-bond donors (Lipinski definition) is 1. The van der Waals surface area contributed by atoms with Crippen molar-refractivity contribution in [3.05, 3.63) is 24.3 Å². The largest absolute Gasteiger partial charge is 0.494 e. The van der Waals surface area contributed by atoms with E-state index in [1.165, 1.54) is 0 Å². The number of ether oxygens (including phenoxy) is 3. The lowest BCUT2D eigenvalue weighted by Crippen LogP contribution is -2.45. The highest BCUT2D eigenvalue weighted by Gasteiger charge is 2.39. The van der Waals surface area contributed by atoms with Crippen LogP contribution in [0.4, 0.5) is 5.69 Å². The summed E-state index contributed by atoms with van der Waals surface area (Å²) in [5.41, 5.74) is 6.41. The Labute approximate surface area is 126 Å². The van der Waals surface area contributed by atoms with Gasteiger partial charge in [-0.3, -0.25) is 0 Å². The molecule has 0 unspecified atom stereocenters. The number of benzene rings is 1. The van der Waals surface area contributed by atoms with Crippen molar-refractivity contribution in [3.63, 3.8) is 0 Å². The first-order valence-corrected chi connectivity index (χ1v) is 7.74. The zero-order chi connectivity index (χ0) is 14.5. The average molecular weight is 292 g/mol. The minimum absolute atomic E-state index is 0.267. The first-order valence-electron chi connectivity index (χ1n) is 7.74. The Hall–Kier alpha value is -1.30. The standard InChI is InChI=1S/C16H24N2O3/c17-14-2-4-15(5-3-14)19-11-1-8-18-9-6-16(7-10-18)20-12-13-21-16/h2-5H,1,6-13,17H2. The zero-order valence-corrected chi connectivity index (χ0v) is 12.4. The van der Waals surface area contributed by atoms with Crippen LogP contribution >= 0.6 is 0 Å². The molecule has 1 aromatic carbocycles. The molecule has 2 N–H and O–H groups in total. The molecule has 2 saturated heterocycles. The summed E-state index contributed by atoms with van der Waals surface area (Å²) in [7, 11) is 0. The third-order valence-electron chi connectivity index (χ3n) is 4.20. The van der Waals surface area contributed by atoms with Crippen LogP contribution in [0.1, 0.15) is 19.3 Å². The van der Waals surface area contributed by atoms with Gasteiger partial charge in [0, 0.05) is 38.2 Å². The van der Waals surface area contributed by atoms with Crippen LogP contribution in [0.5, 0.6) is 5.75 Å². The van der Waals surface area contributed by atoms with E-state index < -0.39 is 0 Å². The van der Waals surface area contributed by atoms with Crippen molar-refractivity contribution in [2.24, 2.45) is 0 Å². The molecule has 0 radical (unpaired) electrons. The van der Waals surface area contributed by atoms with Crippen molar-refractivity contribution in [1.29, 1.82) is 0 Å². The molecular weight excluding hydrogens is 268 g/mol. The molecular formula is C16H24N2O3. The van der Waals surface area contributed by atoms with Crippen molar-refractivity contribution in [2.75, 3.05) is 45.2 Å². The number of anilines is 1. The molecule has 0 aromatic heterocycles. The summed E-state index contributed by atoms with van der Waals surface area (Å²) in [6.07, 6.45) is 2.98. The minimum Gasteiger partial charge on any atom is -0.494 e. The second-order valence-electron chi connectivity index (χ2n) is 5.72. The van der Waals surface area contributed by atoms with E-state index in [9.17, 15) is 0 Å². The number of nitrogens with two attached hydrogens (primary N) is 1. The van der Waals surface area contributed by atoms with E-state index in [-0.39, 0.29) is 5.79 Å². The predicted octanol–water partition coefficient (Wildman–Crippen LogP) is 1.88. The van der Waals surface area contributed by atoms with Crippen LogP contribution < -0.4 is 10.5 Å². The summed E-state index contributed by atoms with van der Waals surface area (Å²) in [4.78, 5) is 2.46. The van der Waals surface area contributed by atoms with Gasteiger partial charge in [-0.25, -0.2) is 0 Å². The van der Waals surface area contributed by atoms with Crippen molar-refractivity contribution in [3.8, 4) is 5.75 Å². The van der Waals surface area contributed by atoms with E-state index >= 15 is 0 Å². The van der Waals surface area contributed by atoms with Gasteiger partial charge in [0.1, 0.15) is 5.75 Å². The Bertz CT molecular complexity index is 433. The van der Waals surface area contributed by atoms with Gasteiger partial charge < -0.3 is 24.8 Å². The van der Waals surface area contributed by atoms with Crippen molar-refractivity contribution in [1.82, 2.24) is 4.90 Å². The number of piperidine rings is 1.